The Bertz CT molecular complexity index is 783. The molecule has 4 heteroatoms. The maximum absolute atomic E-state index is 12.4. The van der Waals surface area contributed by atoms with Gasteiger partial charge in [-0.2, -0.15) is 0 Å². The molecule has 0 fully saturated rings. The zero-order valence-corrected chi connectivity index (χ0v) is 17.3. The third kappa shape index (κ3) is 5.75. The van der Waals surface area contributed by atoms with Crippen LogP contribution in [0.2, 0.25) is 0 Å². The van der Waals surface area contributed by atoms with Crippen LogP contribution in [0.3, 0.4) is 0 Å². The molecule has 0 radical (unpaired) electrons. The highest BCUT2D eigenvalue weighted by Crippen LogP contribution is 2.28. The highest BCUT2D eigenvalue weighted by atomic mass is 16.5. The lowest BCUT2D eigenvalue weighted by Crippen LogP contribution is -2.38. The number of amides is 1. The Morgan fingerprint density at radius 3 is 2.48 bits per heavy atom. The average molecular weight is 370 g/mol. The molecule has 0 aliphatic carbocycles. The Morgan fingerprint density at radius 2 is 1.78 bits per heavy atom. The summed E-state index contributed by atoms with van der Waals surface area (Å²) >= 11 is 0. The van der Waals surface area contributed by atoms with Gasteiger partial charge in [0.2, 0.25) is 0 Å². The Morgan fingerprint density at radius 1 is 1.04 bits per heavy atom. The molecule has 2 aromatic carbocycles. The fraction of sp³-hybridized carbons (Fsp3) is 0.435. The second-order valence-electron chi connectivity index (χ2n) is 7.29. The zero-order valence-electron chi connectivity index (χ0n) is 17.3. The third-order valence-electron chi connectivity index (χ3n) is 4.68. The van der Waals surface area contributed by atoms with E-state index in [4.69, 9.17) is 9.47 Å². The van der Waals surface area contributed by atoms with Gasteiger partial charge in [-0.25, -0.2) is 0 Å². The molecule has 4 nitrogen and oxygen atoms in total. The van der Waals surface area contributed by atoms with Crippen molar-refractivity contribution in [2.45, 2.75) is 53.6 Å². The monoisotopic (exact) mass is 369 g/mol. The minimum absolute atomic E-state index is 0.143. The summed E-state index contributed by atoms with van der Waals surface area (Å²) in [6.07, 6.45) is -0.565. The first-order valence-electron chi connectivity index (χ1n) is 9.53. The van der Waals surface area contributed by atoms with Crippen LogP contribution < -0.4 is 14.8 Å². The molecule has 2 rings (SSSR count). The molecule has 0 heterocycles. The predicted molar refractivity (Wildman–Crippen MR) is 110 cm³/mol. The summed E-state index contributed by atoms with van der Waals surface area (Å²) in [6.45, 7) is 13.0. The molecule has 27 heavy (non-hydrogen) atoms. The summed E-state index contributed by atoms with van der Waals surface area (Å²) in [5.41, 5.74) is 4.54. The summed E-state index contributed by atoms with van der Waals surface area (Å²) in [5.74, 6) is 1.83. The molecule has 1 amide bonds. The summed E-state index contributed by atoms with van der Waals surface area (Å²) in [4.78, 5) is 12.4. The fourth-order valence-corrected chi connectivity index (χ4v) is 2.82. The van der Waals surface area contributed by atoms with Crippen LogP contribution in [0.25, 0.3) is 0 Å². The smallest absolute Gasteiger partial charge is 0.260 e. The Labute approximate surface area is 162 Å². The van der Waals surface area contributed by atoms with Gasteiger partial charge in [0.1, 0.15) is 18.1 Å². The number of carbonyl (C=O) groups is 1. The molecule has 0 spiro atoms. The molecule has 2 aromatic rings. The van der Waals surface area contributed by atoms with E-state index < -0.39 is 6.10 Å². The van der Waals surface area contributed by atoms with Gasteiger partial charge < -0.3 is 14.8 Å². The molecule has 0 bridgehead atoms. The van der Waals surface area contributed by atoms with E-state index in [0.717, 1.165) is 28.2 Å². The van der Waals surface area contributed by atoms with E-state index in [1.54, 1.807) is 6.92 Å². The van der Waals surface area contributed by atoms with Crippen molar-refractivity contribution in [2.24, 2.45) is 0 Å². The van der Waals surface area contributed by atoms with Crippen LogP contribution in [0.4, 0.5) is 0 Å². The first-order valence-corrected chi connectivity index (χ1v) is 9.53. The lowest BCUT2D eigenvalue weighted by molar-refractivity contribution is -0.127. The molecule has 0 aliphatic rings. The van der Waals surface area contributed by atoms with Gasteiger partial charge in [-0.1, -0.05) is 38.1 Å². The van der Waals surface area contributed by atoms with E-state index in [1.807, 2.05) is 32.0 Å². The second kappa shape index (κ2) is 9.45. The van der Waals surface area contributed by atoms with Gasteiger partial charge in [0.15, 0.2) is 6.10 Å². The predicted octanol–water partition coefficient (Wildman–Crippen LogP) is 4.70. The maximum Gasteiger partial charge on any atom is 0.260 e. The maximum atomic E-state index is 12.4. The second-order valence-corrected chi connectivity index (χ2v) is 7.29. The topological polar surface area (TPSA) is 47.6 Å². The molecule has 1 atom stereocenters. The number of aryl methyl sites for hydroxylation is 2. The van der Waals surface area contributed by atoms with Gasteiger partial charge in [-0.3, -0.25) is 4.79 Å². The van der Waals surface area contributed by atoms with E-state index in [2.05, 4.69) is 44.3 Å². The van der Waals surface area contributed by atoms with Crippen molar-refractivity contribution in [3.05, 3.63) is 58.7 Å². The standard InChI is InChI=1S/C23H31NO3/c1-15(2)20-11-10-16(3)14-22(20)27-19(6)23(25)24-12-13-26-21-9-7-8-17(4)18(21)5/h7-11,14-15,19H,12-13H2,1-6H3,(H,24,25)/t19-/m0/s1. The molecule has 0 unspecified atom stereocenters. The lowest BCUT2D eigenvalue weighted by atomic mass is 10.0. The van der Waals surface area contributed by atoms with E-state index in [9.17, 15) is 4.79 Å². The first kappa shape index (κ1) is 20.8. The quantitative estimate of drug-likeness (QED) is 0.686. The summed E-state index contributed by atoms with van der Waals surface area (Å²) in [7, 11) is 0. The largest absolute Gasteiger partial charge is 0.491 e. The summed E-state index contributed by atoms with van der Waals surface area (Å²) in [6, 6.07) is 12.1. The lowest BCUT2D eigenvalue weighted by Gasteiger charge is -2.19. The van der Waals surface area contributed by atoms with Gasteiger partial charge in [0, 0.05) is 0 Å². The SMILES string of the molecule is Cc1ccc(C(C)C)c(O[C@@H](C)C(=O)NCCOc2cccc(C)c2C)c1. The number of nitrogens with one attached hydrogen (secondary N) is 1. The first-order chi connectivity index (χ1) is 12.8. The Hall–Kier alpha value is -2.49. The number of rotatable bonds is 8. The molecule has 146 valence electrons. The summed E-state index contributed by atoms with van der Waals surface area (Å²) in [5, 5.41) is 2.88. The van der Waals surface area contributed by atoms with Crippen LogP contribution in [0.1, 0.15) is 48.9 Å². The van der Waals surface area contributed by atoms with Crippen molar-refractivity contribution in [1.82, 2.24) is 5.32 Å². The van der Waals surface area contributed by atoms with Crippen molar-refractivity contribution in [2.75, 3.05) is 13.2 Å². The van der Waals surface area contributed by atoms with Gasteiger partial charge in [-0.15, -0.1) is 0 Å². The van der Waals surface area contributed by atoms with Crippen molar-refractivity contribution in [1.29, 1.82) is 0 Å². The third-order valence-corrected chi connectivity index (χ3v) is 4.68. The van der Waals surface area contributed by atoms with Gasteiger partial charge >= 0.3 is 0 Å². The molecule has 0 saturated heterocycles. The number of hydrogen-bond acceptors (Lipinski definition) is 3. The van der Waals surface area contributed by atoms with E-state index >= 15 is 0 Å². The Kier molecular flexibility index (Phi) is 7.28. The molecule has 0 saturated carbocycles. The van der Waals surface area contributed by atoms with Crippen molar-refractivity contribution in [3.63, 3.8) is 0 Å². The number of ether oxygens (including phenoxy) is 2. The minimum Gasteiger partial charge on any atom is -0.491 e. The van der Waals surface area contributed by atoms with Crippen molar-refractivity contribution >= 4 is 5.91 Å². The van der Waals surface area contributed by atoms with Crippen LogP contribution in [0.15, 0.2) is 36.4 Å². The highest BCUT2D eigenvalue weighted by Gasteiger charge is 2.17. The molecule has 0 aromatic heterocycles. The van der Waals surface area contributed by atoms with Crippen LogP contribution in [-0.2, 0) is 4.79 Å². The molecular weight excluding hydrogens is 338 g/mol. The van der Waals surface area contributed by atoms with Crippen molar-refractivity contribution < 1.29 is 14.3 Å². The minimum atomic E-state index is -0.565. The number of benzene rings is 2. The van der Waals surface area contributed by atoms with E-state index in [0.29, 0.717) is 19.1 Å². The molecule has 0 aliphatic heterocycles. The van der Waals surface area contributed by atoms with Crippen LogP contribution >= 0.6 is 0 Å². The van der Waals surface area contributed by atoms with E-state index in [1.165, 1.54) is 5.56 Å². The highest BCUT2D eigenvalue weighted by molar-refractivity contribution is 5.80. The van der Waals surface area contributed by atoms with Gasteiger partial charge in [0.05, 0.1) is 6.54 Å². The van der Waals surface area contributed by atoms with E-state index in [-0.39, 0.29) is 5.91 Å². The zero-order chi connectivity index (χ0) is 20.0. The van der Waals surface area contributed by atoms with Gasteiger partial charge in [0.25, 0.3) is 5.91 Å². The average Bonchev–Trinajstić information content (AvgIpc) is 2.61. The molecule has 1 N–H and O–H groups in total. The fourth-order valence-electron chi connectivity index (χ4n) is 2.82. The molecular formula is C23H31NO3. The van der Waals surface area contributed by atoms with Gasteiger partial charge in [-0.05, 0) is 68.0 Å². The van der Waals surface area contributed by atoms with Crippen molar-refractivity contribution in [3.8, 4) is 11.5 Å². The number of hydrogen-bond donors (Lipinski definition) is 1. The van der Waals surface area contributed by atoms with Crippen LogP contribution in [0.5, 0.6) is 11.5 Å². The van der Waals surface area contributed by atoms with Crippen LogP contribution in [-0.4, -0.2) is 25.2 Å². The van der Waals surface area contributed by atoms with Crippen LogP contribution in [0, 0.1) is 20.8 Å². The number of carbonyl (C=O) groups excluding carboxylic acids is 1. The Balaban J connectivity index is 1.86. The normalized spacial score (nSPS) is 12.0. The summed E-state index contributed by atoms with van der Waals surface area (Å²) < 4.78 is 11.7.